The van der Waals surface area contributed by atoms with Gasteiger partial charge in [0.15, 0.2) is 0 Å². The molecule has 3 aromatic rings. The standard InChI is InChI=1S/C26H27ClFN5O2/c27-19-12-20-21(15-31-26(20)30-14-19)25-18(13-29)11-22(28)23(32-25)9-16-2-1-3-17(8-16)10-24(34)33-4-6-35-7-5-33/h11-12,14-17H,1-10H2,(H,30,31)/t16-,17+/m0/s1. The van der Waals surface area contributed by atoms with Gasteiger partial charge in [0, 0.05) is 42.9 Å². The van der Waals surface area contributed by atoms with Crippen molar-refractivity contribution in [1.29, 1.82) is 5.26 Å². The van der Waals surface area contributed by atoms with E-state index in [9.17, 15) is 10.1 Å². The molecule has 0 bridgehead atoms. The Hall–Kier alpha value is -3.02. The molecule has 4 heterocycles. The SMILES string of the molecule is N#Cc1cc(F)c(C[C@H]2CCC[C@@H](CC(=O)N3CCOCC3)C2)nc1-c1c[nH]c2ncc(Cl)cc12. The van der Waals surface area contributed by atoms with Crippen molar-refractivity contribution in [2.75, 3.05) is 26.3 Å². The number of hydrogen-bond donors (Lipinski definition) is 1. The number of ether oxygens (including phenoxy) is 1. The number of aromatic amines is 1. The van der Waals surface area contributed by atoms with Crippen molar-refractivity contribution in [3.8, 4) is 17.3 Å². The summed E-state index contributed by atoms with van der Waals surface area (Å²) in [5.74, 6) is 0.267. The summed E-state index contributed by atoms with van der Waals surface area (Å²) >= 11 is 6.14. The molecular formula is C26H27ClFN5O2. The largest absolute Gasteiger partial charge is 0.378 e. The van der Waals surface area contributed by atoms with E-state index in [1.807, 2.05) is 4.90 Å². The lowest BCUT2D eigenvalue weighted by molar-refractivity contribution is -0.136. The predicted octanol–water partition coefficient (Wildman–Crippen LogP) is 4.89. The number of morpholine rings is 1. The van der Waals surface area contributed by atoms with Gasteiger partial charge in [-0.15, -0.1) is 0 Å². The number of pyridine rings is 2. The second kappa shape index (κ2) is 10.3. The molecule has 0 spiro atoms. The summed E-state index contributed by atoms with van der Waals surface area (Å²) in [5.41, 5.74) is 2.25. The summed E-state index contributed by atoms with van der Waals surface area (Å²) in [6, 6.07) is 5.11. The fraction of sp³-hybridized carbons (Fsp3) is 0.462. The van der Waals surface area contributed by atoms with E-state index in [0.717, 1.165) is 31.1 Å². The smallest absolute Gasteiger partial charge is 0.223 e. The van der Waals surface area contributed by atoms with E-state index in [4.69, 9.17) is 16.3 Å². The number of fused-ring (bicyclic) bond motifs is 1. The Morgan fingerprint density at radius 2 is 2.09 bits per heavy atom. The van der Waals surface area contributed by atoms with E-state index < -0.39 is 5.82 Å². The van der Waals surface area contributed by atoms with Crippen LogP contribution in [0.15, 0.2) is 24.5 Å². The summed E-state index contributed by atoms with van der Waals surface area (Å²) < 4.78 is 20.4. The van der Waals surface area contributed by atoms with Crippen molar-refractivity contribution in [3.63, 3.8) is 0 Å². The minimum atomic E-state index is -0.465. The van der Waals surface area contributed by atoms with Crippen molar-refractivity contribution in [3.05, 3.63) is 46.6 Å². The molecule has 35 heavy (non-hydrogen) atoms. The molecule has 2 aliphatic rings. The molecule has 1 amide bonds. The van der Waals surface area contributed by atoms with Gasteiger partial charge in [0.05, 0.1) is 35.2 Å². The Morgan fingerprint density at radius 3 is 2.89 bits per heavy atom. The number of carbonyl (C=O) groups is 1. The van der Waals surface area contributed by atoms with Gasteiger partial charge in [0.25, 0.3) is 0 Å². The molecule has 1 N–H and O–H groups in total. The molecule has 0 aromatic carbocycles. The van der Waals surface area contributed by atoms with E-state index in [0.29, 0.717) is 72.7 Å². The minimum absolute atomic E-state index is 0.171. The highest BCUT2D eigenvalue weighted by Gasteiger charge is 2.28. The molecule has 2 atom stereocenters. The first kappa shape index (κ1) is 23.7. The van der Waals surface area contributed by atoms with Crippen LogP contribution in [0.4, 0.5) is 4.39 Å². The van der Waals surface area contributed by atoms with Crippen LogP contribution in [-0.4, -0.2) is 52.1 Å². The summed E-state index contributed by atoms with van der Waals surface area (Å²) in [6.07, 6.45) is 8.18. The molecule has 1 aliphatic heterocycles. The maximum absolute atomic E-state index is 15.0. The van der Waals surface area contributed by atoms with Gasteiger partial charge < -0.3 is 14.6 Å². The number of carbonyl (C=O) groups excluding carboxylic acids is 1. The van der Waals surface area contributed by atoms with E-state index >= 15 is 4.39 Å². The van der Waals surface area contributed by atoms with E-state index in [1.165, 1.54) is 6.07 Å². The second-order valence-electron chi connectivity index (χ2n) is 9.48. The third-order valence-electron chi connectivity index (χ3n) is 7.12. The molecule has 5 rings (SSSR count). The topological polar surface area (TPSA) is 94.9 Å². The number of halogens is 2. The van der Waals surface area contributed by atoms with Crippen molar-refractivity contribution < 1.29 is 13.9 Å². The second-order valence-corrected chi connectivity index (χ2v) is 9.91. The quantitative estimate of drug-likeness (QED) is 0.544. The highest BCUT2D eigenvalue weighted by Crippen LogP contribution is 2.36. The molecule has 0 radical (unpaired) electrons. The van der Waals surface area contributed by atoms with Gasteiger partial charge in [-0.3, -0.25) is 4.79 Å². The van der Waals surface area contributed by atoms with Crippen LogP contribution in [0.1, 0.15) is 43.4 Å². The van der Waals surface area contributed by atoms with Gasteiger partial charge in [0.2, 0.25) is 5.91 Å². The Morgan fingerprint density at radius 1 is 1.29 bits per heavy atom. The third kappa shape index (κ3) is 5.16. The molecule has 3 aromatic heterocycles. The number of hydrogen-bond acceptors (Lipinski definition) is 5. The zero-order valence-electron chi connectivity index (χ0n) is 19.4. The van der Waals surface area contributed by atoms with Gasteiger partial charge in [-0.2, -0.15) is 5.26 Å². The van der Waals surface area contributed by atoms with Crippen LogP contribution < -0.4 is 0 Å². The van der Waals surface area contributed by atoms with E-state index in [1.54, 1.807) is 18.5 Å². The normalized spacial score (nSPS) is 20.7. The molecule has 1 saturated heterocycles. The van der Waals surface area contributed by atoms with Crippen LogP contribution in [0, 0.1) is 29.0 Å². The first-order valence-corrected chi connectivity index (χ1v) is 12.5. The van der Waals surface area contributed by atoms with Crippen molar-refractivity contribution in [2.45, 2.75) is 38.5 Å². The number of nitrogens with one attached hydrogen (secondary N) is 1. The van der Waals surface area contributed by atoms with Crippen molar-refractivity contribution in [1.82, 2.24) is 19.9 Å². The number of amides is 1. The van der Waals surface area contributed by atoms with Crippen LogP contribution in [0.2, 0.25) is 5.02 Å². The summed E-state index contributed by atoms with van der Waals surface area (Å²) in [7, 11) is 0. The number of aromatic nitrogens is 3. The number of rotatable bonds is 5. The van der Waals surface area contributed by atoms with Gasteiger partial charge in [-0.05, 0) is 43.2 Å². The third-order valence-corrected chi connectivity index (χ3v) is 7.33. The Bertz CT molecular complexity index is 1280. The number of nitriles is 1. The molecule has 0 unspecified atom stereocenters. The average molecular weight is 496 g/mol. The van der Waals surface area contributed by atoms with Crippen LogP contribution in [0.3, 0.4) is 0 Å². The van der Waals surface area contributed by atoms with Gasteiger partial charge in [0.1, 0.15) is 17.5 Å². The number of H-pyrrole nitrogens is 1. The summed E-state index contributed by atoms with van der Waals surface area (Å²) in [4.78, 5) is 26.6. The van der Waals surface area contributed by atoms with E-state index in [-0.39, 0.29) is 17.4 Å². The number of nitrogens with zero attached hydrogens (tertiary/aromatic N) is 4. The summed E-state index contributed by atoms with van der Waals surface area (Å²) in [5, 5.41) is 10.9. The molecule has 1 saturated carbocycles. The molecular weight excluding hydrogens is 469 g/mol. The van der Waals surface area contributed by atoms with Gasteiger partial charge in [-0.25, -0.2) is 14.4 Å². The molecule has 7 nitrogen and oxygen atoms in total. The highest BCUT2D eigenvalue weighted by molar-refractivity contribution is 6.31. The molecule has 182 valence electrons. The lowest BCUT2D eigenvalue weighted by Crippen LogP contribution is -2.41. The van der Waals surface area contributed by atoms with Crippen LogP contribution in [-0.2, 0) is 16.0 Å². The zero-order valence-corrected chi connectivity index (χ0v) is 20.2. The maximum atomic E-state index is 15.0. The Labute approximate surface area is 208 Å². The van der Waals surface area contributed by atoms with Gasteiger partial charge in [-0.1, -0.05) is 24.4 Å². The lowest BCUT2D eigenvalue weighted by Gasteiger charge is -2.32. The first-order valence-electron chi connectivity index (χ1n) is 12.1. The monoisotopic (exact) mass is 495 g/mol. The molecule has 2 fully saturated rings. The zero-order chi connectivity index (χ0) is 24.4. The lowest BCUT2D eigenvalue weighted by atomic mass is 9.77. The maximum Gasteiger partial charge on any atom is 0.223 e. The van der Waals surface area contributed by atoms with Crippen LogP contribution in [0.25, 0.3) is 22.3 Å². The average Bonchev–Trinajstić information content (AvgIpc) is 3.28. The Kier molecular flexibility index (Phi) is 6.98. The Balaban J connectivity index is 1.35. The fourth-order valence-electron chi connectivity index (χ4n) is 5.37. The fourth-order valence-corrected chi connectivity index (χ4v) is 5.53. The molecule has 1 aliphatic carbocycles. The summed E-state index contributed by atoms with van der Waals surface area (Å²) in [6.45, 7) is 2.52. The minimum Gasteiger partial charge on any atom is -0.378 e. The van der Waals surface area contributed by atoms with Crippen LogP contribution in [0.5, 0.6) is 0 Å². The molecule has 9 heteroatoms. The highest BCUT2D eigenvalue weighted by atomic mass is 35.5. The van der Waals surface area contributed by atoms with E-state index in [2.05, 4.69) is 21.0 Å². The van der Waals surface area contributed by atoms with Crippen molar-refractivity contribution in [2.24, 2.45) is 11.8 Å². The van der Waals surface area contributed by atoms with Crippen LogP contribution >= 0.6 is 11.6 Å². The van der Waals surface area contributed by atoms with Crippen molar-refractivity contribution >= 4 is 28.5 Å². The van der Waals surface area contributed by atoms with Gasteiger partial charge >= 0.3 is 0 Å². The predicted molar refractivity (Wildman–Crippen MR) is 130 cm³/mol. The first-order chi connectivity index (χ1) is 17.0.